The summed E-state index contributed by atoms with van der Waals surface area (Å²) in [5.41, 5.74) is 2.60. The van der Waals surface area contributed by atoms with E-state index in [-0.39, 0.29) is 5.57 Å². The van der Waals surface area contributed by atoms with Crippen molar-refractivity contribution in [3.05, 3.63) is 77.4 Å². The lowest BCUT2D eigenvalue weighted by Gasteiger charge is -2.10. The molecule has 3 rings (SSSR count). The highest BCUT2D eigenvalue weighted by Gasteiger charge is 2.12. The van der Waals surface area contributed by atoms with Gasteiger partial charge in [-0.05, 0) is 49.1 Å². The van der Waals surface area contributed by atoms with Gasteiger partial charge in [0.15, 0.2) is 0 Å². The van der Waals surface area contributed by atoms with Crippen molar-refractivity contribution >= 4 is 28.4 Å². The lowest BCUT2D eigenvalue weighted by atomic mass is 10.0. The Hall–Kier alpha value is -3.58. The maximum Gasteiger partial charge on any atom is 0.266 e. The normalized spacial score (nSPS) is 11.1. The van der Waals surface area contributed by atoms with Gasteiger partial charge in [-0.3, -0.25) is 4.79 Å². The Labute approximate surface area is 158 Å². The fourth-order valence-electron chi connectivity index (χ4n) is 2.84. The van der Waals surface area contributed by atoms with Crippen molar-refractivity contribution in [2.75, 3.05) is 11.9 Å². The Morgan fingerprint density at radius 3 is 2.44 bits per heavy atom. The summed E-state index contributed by atoms with van der Waals surface area (Å²) in [6, 6.07) is 21.0. The first-order valence-corrected chi connectivity index (χ1v) is 8.76. The van der Waals surface area contributed by atoms with Crippen LogP contribution in [0.2, 0.25) is 0 Å². The number of anilines is 1. The summed E-state index contributed by atoms with van der Waals surface area (Å²) in [5.74, 6) is 0.354. The third-order valence-electron chi connectivity index (χ3n) is 4.19. The molecule has 0 aliphatic heterocycles. The maximum absolute atomic E-state index is 12.5. The van der Waals surface area contributed by atoms with Crippen molar-refractivity contribution in [1.29, 1.82) is 5.26 Å². The first-order valence-electron chi connectivity index (χ1n) is 8.76. The van der Waals surface area contributed by atoms with E-state index in [1.165, 1.54) is 0 Å². The predicted octanol–water partition coefficient (Wildman–Crippen LogP) is 5.09. The number of nitriles is 1. The van der Waals surface area contributed by atoms with Crippen LogP contribution >= 0.6 is 0 Å². The maximum atomic E-state index is 12.5. The zero-order valence-electron chi connectivity index (χ0n) is 15.3. The number of hydrogen-bond donors (Lipinski definition) is 1. The summed E-state index contributed by atoms with van der Waals surface area (Å²) in [4.78, 5) is 12.5. The Balaban J connectivity index is 1.96. The van der Waals surface area contributed by atoms with Gasteiger partial charge in [0, 0.05) is 11.1 Å². The van der Waals surface area contributed by atoms with Crippen molar-refractivity contribution in [2.45, 2.75) is 13.8 Å². The molecule has 1 amide bonds. The summed E-state index contributed by atoms with van der Waals surface area (Å²) in [6.45, 7) is 4.48. The standard InChI is InChI=1S/C23H20N2O2/c1-3-27-22-13-10-17(20-6-4-5-7-21(20)22)14-18(15-24)23(26)25-19-11-8-16(2)9-12-19/h4-14H,3H2,1-2H3,(H,25,26)/b18-14-. The van der Waals surface area contributed by atoms with E-state index >= 15 is 0 Å². The van der Waals surface area contributed by atoms with E-state index in [9.17, 15) is 10.1 Å². The number of benzene rings is 3. The van der Waals surface area contributed by atoms with Crippen LogP contribution in [0.3, 0.4) is 0 Å². The van der Waals surface area contributed by atoms with E-state index in [4.69, 9.17) is 4.74 Å². The molecule has 0 aliphatic rings. The molecule has 0 saturated carbocycles. The Morgan fingerprint density at radius 1 is 1.07 bits per heavy atom. The van der Waals surface area contributed by atoms with Crippen LogP contribution in [-0.4, -0.2) is 12.5 Å². The van der Waals surface area contributed by atoms with Crippen LogP contribution in [0.5, 0.6) is 5.75 Å². The van der Waals surface area contributed by atoms with Crippen LogP contribution < -0.4 is 10.1 Å². The zero-order chi connectivity index (χ0) is 19.2. The van der Waals surface area contributed by atoms with Gasteiger partial charge in [-0.2, -0.15) is 5.26 Å². The van der Waals surface area contributed by atoms with Crippen molar-refractivity contribution in [1.82, 2.24) is 0 Å². The minimum Gasteiger partial charge on any atom is -0.493 e. The predicted molar refractivity (Wildman–Crippen MR) is 109 cm³/mol. The molecule has 0 radical (unpaired) electrons. The molecule has 1 N–H and O–H groups in total. The van der Waals surface area contributed by atoms with Gasteiger partial charge < -0.3 is 10.1 Å². The highest BCUT2D eigenvalue weighted by atomic mass is 16.5. The fourth-order valence-corrected chi connectivity index (χ4v) is 2.84. The second-order valence-electron chi connectivity index (χ2n) is 6.12. The monoisotopic (exact) mass is 356 g/mol. The number of fused-ring (bicyclic) bond motifs is 1. The van der Waals surface area contributed by atoms with Crippen molar-refractivity contribution < 1.29 is 9.53 Å². The first-order chi connectivity index (χ1) is 13.1. The van der Waals surface area contributed by atoms with E-state index in [2.05, 4.69) is 5.32 Å². The highest BCUT2D eigenvalue weighted by Crippen LogP contribution is 2.30. The third kappa shape index (κ3) is 4.16. The van der Waals surface area contributed by atoms with Crippen LogP contribution in [0.15, 0.2) is 66.2 Å². The molecule has 0 unspecified atom stereocenters. The van der Waals surface area contributed by atoms with E-state index in [1.54, 1.807) is 6.08 Å². The number of carbonyl (C=O) groups excluding carboxylic acids is 1. The van der Waals surface area contributed by atoms with Crippen molar-refractivity contribution in [3.63, 3.8) is 0 Å². The summed E-state index contributed by atoms with van der Waals surface area (Å²) in [5, 5.41) is 14.1. The average molecular weight is 356 g/mol. The van der Waals surface area contributed by atoms with Crippen LogP contribution in [-0.2, 0) is 4.79 Å². The number of nitrogens with zero attached hydrogens (tertiary/aromatic N) is 1. The quantitative estimate of drug-likeness (QED) is 0.511. The molecule has 0 aromatic heterocycles. The minimum atomic E-state index is -0.431. The average Bonchev–Trinajstić information content (AvgIpc) is 2.69. The van der Waals surface area contributed by atoms with Gasteiger partial charge in [-0.1, -0.05) is 48.0 Å². The molecule has 0 heterocycles. The molecule has 3 aromatic carbocycles. The number of hydrogen-bond acceptors (Lipinski definition) is 3. The van der Waals surface area contributed by atoms with Gasteiger partial charge in [-0.25, -0.2) is 0 Å². The van der Waals surface area contributed by atoms with Gasteiger partial charge >= 0.3 is 0 Å². The molecule has 4 heteroatoms. The number of nitrogens with one attached hydrogen (secondary N) is 1. The zero-order valence-corrected chi connectivity index (χ0v) is 15.3. The lowest BCUT2D eigenvalue weighted by molar-refractivity contribution is -0.112. The molecular weight excluding hydrogens is 336 g/mol. The minimum absolute atomic E-state index is 0.0462. The number of aryl methyl sites for hydroxylation is 1. The van der Waals surface area contributed by atoms with Gasteiger partial charge in [-0.15, -0.1) is 0 Å². The smallest absolute Gasteiger partial charge is 0.266 e. The van der Waals surface area contributed by atoms with E-state index in [0.29, 0.717) is 12.3 Å². The molecule has 0 saturated heterocycles. The van der Waals surface area contributed by atoms with E-state index in [1.807, 2.05) is 80.6 Å². The third-order valence-corrected chi connectivity index (χ3v) is 4.19. The molecule has 0 aliphatic carbocycles. The van der Waals surface area contributed by atoms with E-state index < -0.39 is 5.91 Å². The molecule has 0 fully saturated rings. The SMILES string of the molecule is CCOc1ccc(/C=C(/C#N)C(=O)Nc2ccc(C)cc2)c2ccccc12. The van der Waals surface area contributed by atoms with Crippen LogP contribution in [0.4, 0.5) is 5.69 Å². The number of rotatable bonds is 5. The molecule has 3 aromatic rings. The summed E-state index contributed by atoms with van der Waals surface area (Å²) >= 11 is 0. The lowest BCUT2D eigenvalue weighted by Crippen LogP contribution is -2.13. The molecule has 4 nitrogen and oxygen atoms in total. The van der Waals surface area contributed by atoms with Gasteiger partial charge in [0.2, 0.25) is 0 Å². The van der Waals surface area contributed by atoms with Gasteiger partial charge in [0.05, 0.1) is 6.61 Å². The van der Waals surface area contributed by atoms with E-state index in [0.717, 1.165) is 27.6 Å². The Bertz CT molecular complexity index is 1040. The molecule has 134 valence electrons. The van der Waals surface area contributed by atoms with Crippen molar-refractivity contribution in [2.24, 2.45) is 0 Å². The molecule has 0 spiro atoms. The highest BCUT2D eigenvalue weighted by molar-refractivity contribution is 6.11. The van der Waals surface area contributed by atoms with Crippen LogP contribution in [0, 0.1) is 18.3 Å². The summed E-state index contributed by atoms with van der Waals surface area (Å²) in [7, 11) is 0. The molecule has 0 bridgehead atoms. The second-order valence-corrected chi connectivity index (χ2v) is 6.12. The number of amides is 1. The van der Waals surface area contributed by atoms with Crippen molar-refractivity contribution in [3.8, 4) is 11.8 Å². The van der Waals surface area contributed by atoms with Gasteiger partial charge in [0.25, 0.3) is 5.91 Å². The summed E-state index contributed by atoms with van der Waals surface area (Å²) in [6.07, 6.45) is 1.61. The molecular formula is C23H20N2O2. The van der Waals surface area contributed by atoms with Crippen LogP contribution in [0.25, 0.3) is 16.8 Å². The largest absolute Gasteiger partial charge is 0.493 e. The Morgan fingerprint density at radius 2 is 1.78 bits per heavy atom. The summed E-state index contributed by atoms with van der Waals surface area (Å²) < 4.78 is 5.68. The topological polar surface area (TPSA) is 62.1 Å². The molecule has 0 atom stereocenters. The first kappa shape index (κ1) is 18.2. The van der Waals surface area contributed by atoms with Crippen LogP contribution in [0.1, 0.15) is 18.1 Å². The fraction of sp³-hybridized carbons (Fsp3) is 0.130. The van der Waals surface area contributed by atoms with Gasteiger partial charge in [0.1, 0.15) is 17.4 Å². The number of ether oxygens (including phenoxy) is 1. The Kier molecular flexibility index (Phi) is 5.53. The number of carbonyl (C=O) groups is 1. The second kappa shape index (κ2) is 8.20. The molecule has 27 heavy (non-hydrogen) atoms.